The molecule has 0 radical (unpaired) electrons. The summed E-state index contributed by atoms with van der Waals surface area (Å²) in [7, 11) is -1.79. The van der Waals surface area contributed by atoms with E-state index < -0.39 is 10.0 Å². The zero-order valence-corrected chi connectivity index (χ0v) is 22.7. The van der Waals surface area contributed by atoms with Crippen LogP contribution in [0.3, 0.4) is 0 Å². The summed E-state index contributed by atoms with van der Waals surface area (Å²) in [5.74, 6) is 1.34. The number of rotatable bonds is 7. The van der Waals surface area contributed by atoms with Gasteiger partial charge in [0.1, 0.15) is 12.4 Å². The molecule has 2 aliphatic carbocycles. The van der Waals surface area contributed by atoms with Gasteiger partial charge >= 0.3 is 0 Å². The molecule has 6 rings (SSSR count). The normalized spacial score (nSPS) is 23.1. The van der Waals surface area contributed by atoms with Gasteiger partial charge < -0.3 is 10.1 Å². The fourth-order valence-electron chi connectivity index (χ4n) is 6.45. The van der Waals surface area contributed by atoms with Gasteiger partial charge in [0.2, 0.25) is 10.0 Å². The van der Waals surface area contributed by atoms with E-state index in [4.69, 9.17) is 4.74 Å². The Hall–Kier alpha value is -3.09. The molecule has 0 bridgehead atoms. The predicted molar refractivity (Wildman–Crippen MR) is 152 cm³/mol. The van der Waals surface area contributed by atoms with E-state index in [-0.39, 0.29) is 23.9 Å². The number of nitrogens with zero attached hydrogens (tertiary/aromatic N) is 1. The minimum absolute atomic E-state index is 0.0712. The lowest BCUT2D eigenvalue weighted by atomic mass is 9.77. The van der Waals surface area contributed by atoms with Gasteiger partial charge in [-0.3, -0.25) is 0 Å². The average Bonchev–Trinajstić information content (AvgIpc) is 3.47. The summed E-state index contributed by atoms with van der Waals surface area (Å²) < 4.78 is 35.1. The topological polar surface area (TPSA) is 58.6 Å². The summed E-state index contributed by atoms with van der Waals surface area (Å²) in [6.45, 7) is 0.517. The molecule has 0 saturated heterocycles. The van der Waals surface area contributed by atoms with Crippen LogP contribution >= 0.6 is 0 Å². The van der Waals surface area contributed by atoms with Crippen molar-refractivity contribution in [3.63, 3.8) is 0 Å². The van der Waals surface area contributed by atoms with Crippen LogP contribution in [0.2, 0.25) is 0 Å². The third kappa shape index (κ3) is 4.76. The van der Waals surface area contributed by atoms with Gasteiger partial charge in [-0.1, -0.05) is 79.9 Å². The minimum Gasteiger partial charge on any atom is -0.489 e. The molecule has 1 heterocycles. The lowest BCUT2D eigenvalue weighted by Crippen LogP contribution is -2.38. The second-order valence-electron chi connectivity index (χ2n) is 10.8. The highest BCUT2D eigenvalue weighted by molar-refractivity contribution is 7.89. The molecule has 1 aliphatic heterocycles. The number of ether oxygens (including phenoxy) is 1. The predicted octanol–water partition coefficient (Wildman–Crippen LogP) is 7.05. The van der Waals surface area contributed by atoms with E-state index in [0.717, 1.165) is 60.2 Å². The lowest BCUT2D eigenvalue weighted by Gasteiger charge is -2.38. The van der Waals surface area contributed by atoms with Crippen LogP contribution in [0.1, 0.15) is 67.2 Å². The first-order chi connectivity index (χ1) is 18.5. The molecule has 3 atom stereocenters. The van der Waals surface area contributed by atoms with E-state index >= 15 is 0 Å². The maximum absolute atomic E-state index is 13.6. The molecule has 3 aromatic rings. The molecule has 0 aromatic heterocycles. The minimum atomic E-state index is -3.55. The van der Waals surface area contributed by atoms with Crippen molar-refractivity contribution in [2.24, 2.45) is 5.92 Å². The van der Waals surface area contributed by atoms with Crippen molar-refractivity contribution in [3.05, 3.63) is 102 Å². The Balaban J connectivity index is 1.28. The highest BCUT2D eigenvalue weighted by Crippen LogP contribution is 2.51. The Bertz CT molecular complexity index is 1410. The Morgan fingerprint density at radius 2 is 1.68 bits per heavy atom. The first-order valence-electron chi connectivity index (χ1n) is 13.8. The third-order valence-corrected chi connectivity index (χ3v) is 10.5. The number of nitrogens with one attached hydrogen (secondary N) is 1. The van der Waals surface area contributed by atoms with Crippen molar-refractivity contribution in [2.45, 2.75) is 68.0 Å². The SMILES string of the molecule is CN(C1CCCCC1)S(=O)(=O)c1ccc2c(c1)C1C=CCC1C(c1ccccc1OCc1ccccc1)N2. The highest BCUT2D eigenvalue weighted by atomic mass is 32.2. The number of anilines is 1. The number of para-hydroxylation sites is 1. The first-order valence-corrected chi connectivity index (χ1v) is 15.3. The first kappa shape index (κ1) is 25.2. The van der Waals surface area contributed by atoms with Gasteiger partial charge in [0, 0.05) is 30.3 Å². The van der Waals surface area contributed by atoms with E-state index in [9.17, 15) is 8.42 Å². The molecular weight excluding hydrogens is 492 g/mol. The zero-order valence-electron chi connectivity index (χ0n) is 21.9. The van der Waals surface area contributed by atoms with Gasteiger partial charge in [-0.2, -0.15) is 4.31 Å². The molecule has 5 nitrogen and oxygen atoms in total. The standard InChI is InChI=1S/C32H36N2O3S/c1-34(24-13-6-3-7-14-24)38(35,36)25-19-20-30-29(21-25)26-16-10-17-27(26)32(33-30)28-15-8-9-18-31(28)37-22-23-11-4-2-5-12-23/h2,4-5,8-12,15-16,18-21,24,26-27,32-33H,3,6-7,13-14,17,22H2,1H3. The Morgan fingerprint density at radius 1 is 0.921 bits per heavy atom. The summed E-state index contributed by atoms with van der Waals surface area (Å²) >= 11 is 0. The van der Waals surface area contributed by atoms with Crippen molar-refractivity contribution in [3.8, 4) is 5.75 Å². The number of sulfonamides is 1. The summed E-state index contributed by atoms with van der Waals surface area (Å²) in [6.07, 6.45) is 10.7. The lowest BCUT2D eigenvalue weighted by molar-refractivity contribution is 0.286. The third-order valence-electron chi connectivity index (χ3n) is 8.59. The molecule has 3 aromatic carbocycles. The molecule has 0 spiro atoms. The van der Waals surface area contributed by atoms with Crippen molar-refractivity contribution < 1.29 is 13.2 Å². The molecule has 6 heteroatoms. The second-order valence-corrected chi connectivity index (χ2v) is 12.8. The Labute approximate surface area is 226 Å². The molecule has 1 N–H and O–H groups in total. The van der Waals surface area contributed by atoms with Gasteiger partial charge in [-0.05, 0) is 60.6 Å². The monoisotopic (exact) mass is 528 g/mol. The number of allylic oxidation sites excluding steroid dienone is 2. The Kier molecular flexibility index (Phi) is 7.02. The van der Waals surface area contributed by atoms with Gasteiger partial charge in [0.25, 0.3) is 0 Å². The number of fused-ring (bicyclic) bond motifs is 3. The largest absolute Gasteiger partial charge is 0.489 e. The number of benzene rings is 3. The summed E-state index contributed by atoms with van der Waals surface area (Å²) in [5.41, 5.74) is 4.35. The van der Waals surface area contributed by atoms with E-state index in [1.54, 1.807) is 17.4 Å². The maximum Gasteiger partial charge on any atom is 0.243 e. The summed E-state index contributed by atoms with van der Waals surface area (Å²) in [4.78, 5) is 0.398. The van der Waals surface area contributed by atoms with Crippen LogP contribution in [-0.2, 0) is 16.6 Å². The number of hydrogen-bond acceptors (Lipinski definition) is 4. The molecule has 3 unspecified atom stereocenters. The van der Waals surface area contributed by atoms with Crippen molar-refractivity contribution in [1.29, 1.82) is 0 Å². The summed E-state index contributed by atoms with van der Waals surface area (Å²) in [6, 6.07) is 24.3. The van der Waals surface area contributed by atoms with E-state index in [1.807, 2.05) is 42.5 Å². The maximum atomic E-state index is 13.6. The molecule has 3 aliphatic rings. The van der Waals surface area contributed by atoms with Crippen molar-refractivity contribution in [1.82, 2.24) is 4.31 Å². The molecular formula is C32H36N2O3S. The van der Waals surface area contributed by atoms with Crippen molar-refractivity contribution >= 4 is 15.7 Å². The van der Waals surface area contributed by atoms with E-state index in [2.05, 4.69) is 41.7 Å². The van der Waals surface area contributed by atoms with Gasteiger partial charge in [0.15, 0.2) is 0 Å². The van der Waals surface area contributed by atoms with Crippen molar-refractivity contribution in [2.75, 3.05) is 12.4 Å². The average molecular weight is 529 g/mol. The molecule has 1 fully saturated rings. The van der Waals surface area contributed by atoms with Crippen LogP contribution in [-0.4, -0.2) is 25.8 Å². The fourth-order valence-corrected chi connectivity index (χ4v) is 7.90. The molecule has 198 valence electrons. The number of hydrogen-bond donors (Lipinski definition) is 1. The smallest absolute Gasteiger partial charge is 0.243 e. The summed E-state index contributed by atoms with van der Waals surface area (Å²) in [5, 5.41) is 3.77. The highest BCUT2D eigenvalue weighted by Gasteiger charge is 2.40. The van der Waals surface area contributed by atoms with Gasteiger partial charge in [0.05, 0.1) is 10.9 Å². The van der Waals surface area contributed by atoms with E-state index in [1.165, 1.54) is 6.42 Å². The molecule has 38 heavy (non-hydrogen) atoms. The van der Waals surface area contributed by atoms with E-state index in [0.29, 0.717) is 11.5 Å². The quantitative estimate of drug-likeness (QED) is 0.334. The van der Waals surface area contributed by atoms with Gasteiger partial charge in [-0.25, -0.2) is 8.42 Å². The van der Waals surface area contributed by atoms with Crippen LogP contribution in [0.25, 0.3) is 0 Å². The van der Waals surface area contributed by atoms with Crippen LogP contribution in [0.15, 0.2) is 89.8 Å². The van der Waals surface area contributed by atoms with Crippen LogP contribution in [0.5, 0.6) is 5.75 Å². The Morgan fingerprint density at radius 3 is 2.50 bits per heavy atom. The fraction of sp³-hybridized carbons (Fsp3) is 0.375. The van der Waals surface area contributed by atoms with Crippen LogP contribution in [0.4, 0.5) is 5.69 Å². The zero-order chi connectivity index (χ0) is 26.1. The van der Waals surface area contributed by atoms with Crippen LogP contribution in [0, 0.1) is 5.92 Å². The second kappa shape index (κ2) is 10.6. The van der Waals surface area contributed by atoms with Gasteiger partial charge in [-0.15, -0.1) is 0 Å². The molecule has 0 amide bonds. The van der Waals surface area contributed by atoms with Crippen LogP contribution < -0.4 is 10.1 Å². The molecule has 1 saturated carbocycles.